The Bertz CT molecular complexity index is 1260. The maximum atomic E-state index is 12.0. The van der Waals surface area contributed by atoms with Crippen LogP contribution in [0.15, 0.2) is 24.5 Å². The van der Waals surface area contributed by atoms with Gasteiger partial charge in [0.25, 0.3) is 5.91 Å². The molecule has 4 rings (SSSR count). The van der Waals surface area contributed by atoms with Gasteiger partial charge in [0.1, 0.15) is 23.5 Å². The first kappa shape index (κ1) is 21.0. The van der Waals surface area contributed by atoms with Crippen molar-refractivity contribution in [2.24, 2.45) is 0 Å². The molecule has 1 fully saturated rings. The molecule has 0 unspecified atom stereocenters. The monoisotopic (exact) mass is 430 g/mol. The number of nitrogens with zero attached hydrogens (tertiary/aromatic N) is 4. The number of rotatable bonds is 4. The number of carbonyl (C=O) groups is 1. The van der Waals surface area contributed by atoms with Gasteiger partial charge in [0.2, 0.25) is 0 Å². The second-order valence-corrected chi connectivity index (χ2v) is 7.13. The Labute approximate surface area is 185 Å². The Morgan fingerprint density at radius 1 is 1.19 bits per heavy atom. The zero-order chi connectivity index (χ0) is 22.5. The Balaban J connectivity index is 1.61. The van der Waals surface area contributed by atoms with Gasteiger partial charge in [-0.1, -0.05) is 11.8 Å². The molecular weight excluding hydrogens is 408 g/mol. The number of carbonyl (C=O) groups excluding carboxylic acids is 1. The molecule has 2 aromatic heterocycles. The van der Waals surface area contributed by atoms with E-state index in [-0.39, 0.29) is 11.9 Å². The molecule has 1 aliphatic rings. The van der Waals surface area contributed by atoms with E-state index in [1.165, 1.54) is 6.33 Å². The molecule has 9 nitrogen and oxygen atoms in total. The van der Waals surface area contributed by atoms with E-state index in [0.717, 1.165) is 12.0 Å². The number of anilines is 1. The lowest BCUT2D eigenvalue weighted by Crippen LogP contribution is -2.30. The summed E-state index contributed by atoms with van der Waals surface area (Å²) in [6.07, 6.45) is 2.24. The van der Waals surface area contributed by atoms with Gasteiger partial charge < -0.3 is 19.7 Å². The van der Waals surface area contributed by atoms with Crippen LogP contribution >= 0.6 is 0 Å². The van der Waals surface area contributed by atoms with Crippen LogP contribution in [0.5, 0.6) is 11.5 Å². The number of benzene rings is 1. The summed E-state index contributed by atoms with van der Waals surface area (Å²) in [6.45, 7) is 2.86. The maximum Gasteiger partial charge on any atom is 0.298 e. The lowest BCUT2D eigenvalue weighted by molar-refractivity contribution is -0.124. The summed E-state index contributed by atoms with van der Waals surface area (Å²) in [5.41, 5.74) is 1.85. The van der Waals surface area contributed by atoms with Gasteiger partial charge in [-0.05, 0) is 37.3 Å². The van der Waals surface area contributed by atoms with Crippen LogP contribution in [0.1, 0.15) is 24.6 Å². The zero-order valence-electron chi connectivity index (χ0n) is 18.0. The minimum Gasteiger partial charge on any atom is -0.497 e. The van der Waals surface area contributed by atoms with Crippen LogP contribution in [-0.4, -0.2) is 64.3 Å². The predicted octanol–water partition coefficient (Wildman–Crippen LogP) is 1.81. The van der Waals surface area contributed by atoms with Crippen molar-refractivity contribution in [1.29, 1.82) is 0 Å². The molecule has 0 aliphatic carbocycles. The standard InChI is InChI=1S/C23H22N6O3/c1-4-5-20(30)29-9-8-16(13-29)26-23-21-19(24-14-25-22(21)27-28-23)7-6-15-10-17(31-2)12-18(11-15)32-3/h10-12,14,16H,8-9,13H2,1-3H3,(H2,24,25,26,27,28)/t16-/m0/s1. The lowest BCUT2D eigenvalue weighted by atomic mass is 10.2. The van der Waals surface area contributed by atoms with Crippen LogP contribution in [0, 0.1) is 23.7 Å². The highest BCUT2D eigenvalue weighted by atomic mass is 16.5. The summed E-state index contributed by atoms with van der Waals surface area (Å²) in [7, 11) is 3.19. The van der Waals surface area contributed by atoms with Crippen molar-refractivity contribution < 1.29 is 14.3 Å². The minimum absolute atomic E-state index is 0.0489. The van der Waals surface area contributed by atoms with Crippen molar-refractivity contribution in [3.63, 3.8) is 0 Å². The Hall–Kier alpha value is -4.24. The van der Waals surface area contributed by atoms with E-state index < -0.39 is 0 Å². The molecule has 9 heteroatoms. The number of amides is 1. The molecule has 0 radical (unpaired) electrons. The van der Waals surface area contributed by atoms with Crippen LogP contribution in [-0.2, 0) is 4.79 Å². The van der Waals surface area contributed by atoms with Gasteiger partial charge in [-0.3, -0.25) is 9.89 Å². The quantitative estimate of drug-likeness (QED) is 0.608. The number of ether oxygens (including phenoxy) is 2. The van der Waals surface area contributed by atoms with Crippen molar-refractivity contribution in [3.8, 4) is 35.2 Å². The summed E-state index contributed by atoms with van der Waals surface area (Å²) in [5, 5.41) is 11.4. The van der Waals surface area contributed by atoms with E-state index in [4.69, 9.17) is 9.47 Å². The maximum absolute atomic E-state index is 12.0. The zero-order valence-corrected chi connectivity index (χ0v) is 18.0. The summed E-state index contributed by atoms with van der Waals surface area (Å²) in [5.74, 6) is 13.2. The number of fused-ring (bicyclic) bond motifs is 1. The van der Waals surface area contributed by atoms with Crippen LogP contribution in [0.4, 0.5) is 5.82 Å². The molecule has 1 aromatic carbocycles. The summed E-state index contributed by atoms with van der Waals surface area (Å²) in [4.78, 5) is 22.4. The molecule has 0 bridgehead atoms. The fraction of sp³-hybridized carbons (Fsp3) is 0.304. The molecular formula is C23H22N6O3. The third-order valence-electron chi connectivity index (χ3n) is 5.08. The average molecular weight is 430 g/mol. The van der Waals surface area contributed by atoms with Crippen molar-refractivity contribution in [3.05, 3.63) is 35.8 Å². The number of hydrogen-bond donors (Lipinski definition) is 2. The Morgan fingerprint density at radius 2 is 1.97 bits per heavy atom. The first-order valence-electron chi connectivity index (χ1n) is 10.0. The fourth-order valence-electron chi connectivity index (χ4n) is 3.51. The van der Waals surface area contributed by atoms with Crippen LogP contribution in [0.2, 0.25) is 0 Å². The van der Waals surface area contributed by atoms with Crippen molar-refractivity contribution in [2.75, 3.05) is 32.6 Å². The van der Waals surface area contributed by atoms with Crippen molar-refractivity contribution >= 4 is 22.8 Å². The highest BCUT2D eigenvalue weighted by Gasteiger charge is 2.26. The molecule has 0 spiro atoms. The first-order valence-corrected chi connectivity index (χ1v) is 10.0. The second-order valence-electron chi connectivity index (χ2n) is 7.13. The van der Waals surface area contributed by atoms with Gasteiger partial charge in [-0.2, -0.15) is 5.10 Å². The van der Waals surface area contributed by atoms with Gasteiger partial charge >= 0.3 is 0 Å². The number of aromatic amines is 1. The molecule has 1 atom stereocenters. The molecule has 1 saturated heterocycles. The van der Waals surface area contributed by atoms with Gasteiger partial charge in [0, 0.05) is 30.8 Å². The second kappa shape index (κ2) is 9.27. The molecule has 3 heterocycles. The van der Waals surface area contributed by atoms with Crippen LogP contribution in [0.3, 0.4) is 0 Å². The highest BCUT2D eigenvalue weighted by molar-refractivity contribution is 5.94. The van der Waals surface area contributed by atoms with E-state index in [1.807, 2.05) is 12.1 Å². The third-order valence-corrected chi connectivity index (χ3v) is 5.08. The summed E-state index contributed by atoms with van der Waals surface area (Å²) in [6, 6.07) is 5.48. The number of aromatic nitrogens is 4. The highest BCUT2D eigenvalue weighted by Crippen LogP contribution is 2.25. The van der Waals surface area contributed by atoms with Crippen LogP contribution < -0.4 is 14.8 Å². The summed E-state index contributed by atoms with van der Waals surface area (Å²) < 4.78 is 10.6. The van der Waals surface area contributed by atoms with E-state index in [1.54, 1.807) is 32.1 Å². The normalized spacial score (nSPS) is 14.8. The summed E-state index contributed by atoms with van der Waals surface area (Å²) >= 11 is 0. The fourth-order valence-corrected chi connectivity index (χ4v) is 3.51. The van der Waals surface area contributed by atoms with Crippen molar-refractivity contribution in [1.82, 2.24) is 25.1 Å². The van der Waals surface area contributed by atoms with Crippen LogP contribution in [0.25, 0.3) is 11.0 Å². The number of H-pyrrole nitrogens is 1. The molecule has 3 aromatic rings. The Morgan fingerprint density at radius 3 is 2.69 bits per heavy atom. The number of likely N-dealkylation sites (tertiary alicyclic amines) is 1. The number of nitrogens with one attached hydrogen (secondary N) is 2. The number of methoxy groups -OCH3 is 2. The molecule has 32 heavy (non-hydrogen) atoms. The predicted molar refractivity (Wildman–Crippen MR) is 119 cm³/mol. The Kier molecular flexibility index (Phi) is 6.09. The SMILES string of the molecule is CC#CC(=O)N1CC[C@H](Nc2n[nH]c3ncnc(C#Cc4cc(OC)cc(OC)c4)c23)C1. The molecule has 0 saturated carbocycles. The molecule has 1 amide bonds. The van der Waals surface area contributed by atoms with Gasteiger partial charge in [-0.15, -0.1) is 0 Å². The van der Waals surface area contributed by atoms with Gasteiger partial charge in [-0.25, -0.2) is 9.97 Å². The van der Waals surface area contributed by atoms with E-state index in [9.17, 15) is 4.79 Å². The largest absolute Gasteiger partial charge is 0.497 e. The van der Waals surface area contributed by atoms with Crippen molar-refractivity contribution in [2.45, 2.75) is 19.4 Å². The van der Waals surface area contributed by atoms with E-state index >= 15 is 0 Å². The van der Waals surface area contributed by atoms with Gasteiger partial charge in [0.05, 0.1) is 19.6 Å². The number of hydrogen-bond acceptors (Lipinski definition) is 7. The third kappa shape index (κ3) is 4.42. The smallest absolute Gasteiger partial charge is 0.298 e. The van der Waals surface area contributed by atoms with Gasteiger partial charge in [0.15, 0.2) is 11.5 Å². The molecule has 1 aliphatic heterocycles. The molecule has 2 N–H and O–H groups in total. The topological polar surface area (TPSA) is 105 Å². The van der Waals surface area contributed by atoms with E-state index in [2.05, 4.69) is 49.2 Å². The minimum atomic E-state index is -0.160. The van der Waals surface area contributed by atoms with E-state index in [0.29, 0.717) is 47.1 Å². The average Bonchev–Trinajstić information content (AvgIpc) is 3.45. The molecule has 162 valence electrons. The first-order chi connectivity index (χ1) is 15.6. The lowest BCUT2D eigenvalue weighted by Gasteiger charge is -2.14.